The van der Waals surface area contributed by atoms with Gasteiger partial charge in [-0.25, -0.2) is 9.59 Å². The van der Waals surface area contributed by atoms with E-state index in [9.17, 15) is 14.4 Å². The summed E-state index contributed by atoms with van der Waals surface area (Å²) < 4.78 is 15.3. The fourth-order valence-corrected chi connectivity index (χ4v) is 3.28. The van der Waals surface area contributed by atoms with Crippen molar-refractivity contribution < 1.29 is 28.6 Å². The molecule has 0 aromatic carbocycles. The maximum absolute atomic E-state index is 12.0. The van der Waals surface area contributed by atoms with Crippen LogP contribution in [0.5, 0.6) is 0 Å². The standard InChI is InChI=1S/C19H28O6/c1-12(18(22)25-17-10-9-15(20)24-17)11-16(21)23-14-7-5-13(6-8-14)19(2,3)4/h11,13-14,17H,5-10H2,1-4H3. The third-order valence-corrected chi connectivity index (χ3v) is 4.92. The van der Waals surface area contributed by atoms with Crippen LogP contribution in [0.25, 0.3) is 0 Å². The Morgan fingerprint density at radius 2 is 1.72 bits per heavy atom. The lowest BCUT2D eigenvalue weighted by atomic mass is 9.72. The van der Waals surface area contributed by atoms with Gasteiger partial charge in [0, 0.05) is 18.1 Å². The van der Waals surface area contributed by atoms with Gasteiger partial charge >= 0.3 is 17.9 Å². The van der Waals surface area contributed by atoms with E-state index >= 15 is 0 Å². The molecule has 6 nitrogen and oxygen atoms in total. The number of hydrogen-bond donors (Lipinski definition) is 0. The zero-order valence-corrected chi connectivity index (χ0v) is 15.5. The first-order valence-corrected chi connectivity index (χ1v) is 8.94. The zero-order chi connectivity index (χ0) is 18.6. The first kappa shape index (κ1) is 19.5. The molecule has 0 bridgehead atoms. The molecule has 2 aliphatic rings. The highest BCUT2D eigenvalue weighted by molar-refractivity contribution is 5.96. The smallest absolute Gasteiger partial charge is 0.337 e. The van der Waals surface area contributed by atoms with E-state index in [0.29, 0.717) is 12.3 Å². The molecule has 0 N–H and O–H groups in total. The summed E-state index contributed by atoms with van der Waals surface area (Å²) in [6, 6.07) is 0. The van der Waals surface area contributed by atoms with Gasteiger partial charge < -0.3 is 14.2 Å². The number of hydrogen-bond acceptors (Lipinski definition) is 6. The molecule has 1 saturated carbocycles. The van der Waals surface area contributed by atoms with E-state index in [-0.39, 0.29) is 29.5 Å². The first-order chi connectivity index (χ1) is 11.6. The molecule has 1 unspecified atom stereocenters. The normalized spacial score (nSPS) is 27.6. The van der Waals surface area contributed by atoms with Gasteiger partial charge in [-0.05, 0) is 43.9 Å². The fraction of sp³-hybridized carbons (Fsp3) is 0.737. The highest BCUT2D eigenvalue weighted by Crippen LogP contribution is 2.38. The van der Waals surface area contributed by atoms with Crippen LogP contribution in [-0.4, -0.2) is 30.3 Å². The largest absolute Gasteiger partial charge is 0.459 e. The molecule has 2 fully saturated rings. The maximum atomic E-state index is 12.0. The van der Waals surface area contributed by atoms with Crippen LogP contribution in [0.1, 0.15) is 66.2 Å². The van der Waals surface area contributed by atoms with E-state index in [4.69, 9.17) is 14.2 Å². The van der Waals surface area contributed by atoms with Crippen molar-refractivity contribution in [3.8, 4) is 0 Å². The van der Waals surface area contributed by atoms with Crippen LogP contribution in [0.4, 0.5) is 0 Å². The summed E-state index contributed by atoms with van der Waals surface area (Å²) >= 11 is 0. The van der Waals surface area contributed by atoms with E-state index in [2.05, 4.69) is 20.8 Å². The van der Waals surface area contributed by atoms with Gasteiger partial charge in [0.25, 0.3) is 0 Å². The summed E-state index contributed by atoms with van der Waals surface area (Å²) in [7, 11) is 0. The highest BCUT2D eigenvalue weighted by Gasteiger charge is 2.31. The zero-order valence-electron chi connectivity index (χ0n) is 15.5. The number of cyclic esters (lactones) is 1. The molecule has 0 spiro atoms. The van der Waals surface area contributed by atoms with Crippen LogP contribution < -0.4 is 0 Å². The Labute approximate surface area is 148 Å². The predicted molar refractivity (Wildman–Crippen MR) is 90.3 cm³/mol. The minimum atomic E-state index is -0.855. The molecule has 1 atom stereocenters. The van der Waals surface area contributed by atoms with Crippen LogP contribution in [0, 0.1) is 11.3 Å². The van der Waals surface area contributed by atoms with Crippen molar-refractivity contribution in [2.24, 2.45) is 11.3 Å². The van der Waals surface area contributed by atoms with Crippen molar-refractivity contribution in [1.82, 2.24) is 0 Å². The quantitative estimate of drug-likeness (QED) is 0.571. The van der Waals surface area contributed by atoms with Gasteiger partial charge in [0.05, 0.1) is 6.42 Å². The van der Waals surface area contributed by atoms with Crippen molar-refractivity contribution in [2.75, 3.05) is 0 Å². The van der Waals surface area contributed by atoms with E-state index in [0.717, 1.165) is 31.8 Å². The Balaban J connectivity index is 1.77. The molecule has 1 saturated heterocycles. The Morgan fingerprint density at radius 3 is 2.24 bits per heavy atom. The number of carbonyl (C=O) groups excluding carboxylic acids is 3. The molecule has 1 heterocycles. The average Bonchev–Trinajstić information content (AvgIpc) is 2.91. The topological polar surface area (TPSA) is 78.9 Å². The summed E-state index contributed by atoms with van der Waals surface area (Å²) in [4.78, 5) is 34.9. The minimum absolute atomic E-state index is 0.0954. The van der Waals surface area contributed by atoms with Crippen molar-refractivity contribution >= 4 is 17.9 Å². The maximum Gasteiger partial charge on any atom is 0.337 e. The molecule has 0 amide bonds. The summed E-state index contributed by atoms with van der Waals surface area (Å²) in [6.45, 7) is 8.20. The summed E-state index contributed by atoms with van der Waals surface area (Å²) in [5.74, 6) is -0.946. The molecule has 2 rings (SSSR count). The molecule has 1 aliphatic heterocycles. The third kappa shape index (κ3) is 5.87. The van der Waals surface area contributed by atoms with Crippen LogP contribution >= 0.6 is 0 Å². The Morgan fingerprint density at radius 1 is 1.08 bits per heavy atom. The second kappa shape index (κ2) is 8.02. The second-order valence-corrected chi connectivity index (χ2v) is 7.97. The highest BCUT2D eigenvalue weighted by atomic mass is 16.7. The summed E-state index contributed by atoms with van der Waals surface area (Å²) in [5, 5.41) is 0. The average molecular weight is 352 g/mol. The SMILES string of the molecule is CC(=CC(=O)OC1CCC(C(C)(C)C)CC1)C(=O)OC1CCC(=O)O1. The lowest BCUT2D eigenvalue weighted by Gasteiger charge is -2.36. The van der Waals surface area contributed by atoms with Gasteiger partial charge in [-0.15, -0.1) is 0 Å². The fourth-order valence-electron chi connectivity index (χ4n) is 3.28. The Kier molecular flexibility index (Phi) is 6.25. The molecule has 140 valence electrons. The monoisotopic (exact) mass is 352 g/mol. The summed E-state index contributed by atoms with van der Waals surface area (Å²) in [6.07, 6.45) is 4.56. The lowest BCUT2D eigenvalue weighted by molar-refractivity contribution is -0.173. The van der Waals surface area contributed by atoms with Crippen LogP contribution in [0.2, 0.25) is 0 Å². The number of rotatable bonds is 4. The van der Waals surface area contributed by atoms with E-state index in [1.807, 2.05) is 0 Å². The molecule has 1 aliphatic carbocycles. The van der Waals surface area contributed by atoms with Gasteiger partial charge in [-0.1, -0.05) is 20.8 Å². The van der Waals surface area contributed by atoms with Crippen LogP contribution in [0.15, 0.2) is 11.6 Å². The van der Waals surface area contributed by atoms with Crippen molar-refractivity contribution in [3.63, 3.8) is 0 Å². The van der Waals surface area contributed by atoms with Crippen LogP contribution in [0.3, 0.4) is 0 Å². The molecule has 0 aromatic heterocycles. The van der Waals surface area contributed by atoms with Gasteiger partial charge in [-0.3, -0.25) is 4.79 Å². The van der Waals surface area contributed by atoms with E-state index in [1.54, 1.807) is 0 Å². The Bertz CT molecular complexity index is 549. The molecule has 25 heavy (non-hydrogen) atoms. The minimum Gasteiger partial charge on any atom is -0.459 e. The predicted octanol–water partition coefficient (Wildman–Crippen LogP) is 3.29. The number of carbonyl (C=O) groups is 3. The second-order valence-electron chi connectivity index (χ2n) is 7.97. The Hall–Kier alpha value is -1.85. The van der Waals surface area contributed by atoms with E-state index in [1.165, 1.54) is 6.92 Å². The van der Waals surface area contributed by atoms with Gasteiger partial charge in [0.2, 0.25) is 6.29 Å². The van der Waals surface area contributed by atoms with E-state index < -0.39 is 18.2 Å². The number of esters is 3. The lowest BCUT2D eigenvalue weighted by Crippen LogP contribution is -2.30. The molecular weight excluding hydrogens is 324 g/mol. The number of ether oxygens (including phenoxy) is 3. The van der Waals surface area contributed by atoms with Gasteiger partial charge in [0.15, 0.2) is 0 Å². The van der Waals surface area contributed by atoms with Gasteiger partial charge in [-0.2, -0.15) is 0 Å². The van der Waals surface area contributed by atoms with Crippen molar-refractivity contribution in [2.45, 2.75) is 78.6 Å². The molecule has 6 heteroatoms. The van der Waals surface area contributed by atoms with Crippen molar-refractivity contribution in [3.05, 3.63) is 11.6 Å². The third-order valence-electron chi connectivity index (χ3n) is 4.92. The summed E-state index contributed by atoms with van der Waals surface area (Å²) in [5.41, 5.74) is 0.412. The van der Waals surface area contributed by atoms with Crippen LogP contribution in [-0.2, 0) is 28.6 Å². The first-order valence-electron chi connectivity index (χ1n) is 8.94. The van der Waals surface area contributed by atoms with Crippen molar-refractivity contribution in [1.29, 1.82) is 0 Å². The molecular formula is C19H28O6. The molecule has 0 radical (unpaired) electrons. The molecule has 0 aromatic rings. The van der Waals surface area contributed by atoms with Gasteiger partial charge in [0.1, 0.15) is 6.10 Å².